The number of rotatable bonds is 2. The van der Waals surface area contributed by atoms with Crippen LogP contribution in [0.3, 0.4) is 0 Å². The molecule has 1 aromatic rings. The third-order valence-electron chi connectivity index (χ3n) is 2.54. The summed E-state index contributed by atoms with van der Waals surface area (Å²) in [5, 5.41) is 3.82. The van der Waals surface area contributed by atoms with Crippen molar-refractivity contribution in [2.45, 2.75) is 6.42 Å². The first kappa shape index (κ1) is 9.69. The maximum absolute atomic E-state index is 11.4. The molecule has 0 aromatic heterocycles. The largest absolute Gasteiger partial charge is 0.309 e. The molecule has 74 valence electrons. The molecule has 1 saturated heterocycles. The summed E-state index contributed by atoms with van der Waals surface area (Å²) in [4.78, 5) is 11.4. The standard InChI is InChI=1S/C11H12ClNO/c12-10-3-1-8(2-4-10)5-9-6-13-7-11(9)14/h1-4,9,13H,5-7H2. The van der Waals surface area contributed by atoms with Crippen molar-refractivity contribution in [1.82, 2.24) is 5.32 Å². The van der Waals surface area contributed by atoms with Gasteiger partial charge >= 0.3 is 0 Å². The molecular formula is C11H12ClNO. The van der Waals surface area contributed by atoms with Crippen LogP contribution in [-0.4, -0.2) is 18.9 Å². The number of ketones is 1. The third kappa shape index (κ3) is 2.14. The Hall–Kier alpha value is -0.860. The first-order chi connectivity index (χ1) is 6.75. The molecule has 1 aliphatic heterocycles. The third-order valence-corrected chi connectivity index (χ3v) is 2.79. The van der Waals surface area contributed by atoms with Gasteiger partial charge in [-0.05, 0) is 24.1 Å². The topological polar surface area (TPSA) is 29.1 Å². The van der Waals surface area contributed by atoms with Crippen molar-refractivity contribution in [3.05, 3.63) is 34.9 Å². The van der Waals surface area contributed by atoms with E-state index in [1.165, 1.54) is 5.56 Å². The fourth-order valence-electron chi connectivity index (χ4n) is 1.72. The molecule has 3 heteroatoms. The molecule has 1 N–H and O–H groups in total. The summed E-state index contributed by atoms with van der Waals surface area (Å²) in [5.74, 6) is 0.469. The van der Waals surface area contributed by atoms with Crippen molar-refractivity contribution in [2.24, 2.45) is 5.92 Å². The Bertz CT molecular complexity index is 334. The van der Waals surface area contributed by atoms with E-state index in [9.17, 15) is 4.79 Å². The van der Waals surface area contributed by atoms with Gasteiger partial charge in [0.25, 0.3) is 0 Å². The molecule has 0 amide bonds. The highest BCUT2D eigenvalue weighted by molar-refractivity contribution is 6.30. The van der Waals surface area contributed by atoms with Crippen molar-refractivity contribution in [3.8, 4) is 0 Å². The Morgan fingerprint density at radius 2 is 2.07 bits per heavy atom. The molecule has 0 bridgehead atoms. The predicted molar refractivity (Wildman–Crippen MR) is 56.5 cm³/mol. The number of hydrogen-bond donors (Lipinski definition) is 1. The Balaban J connectivity index is 2.03. The minimum Gasteiger partial charge on any atom is -0.309 e. The van der Waals surface area contributed by atoms with Crippen LogP contribution in [0, 0.1) is 5.92 Å². The minimum atomic E-state index is 0.149. The van der Waals surface area contributed by atoms with Gasteiger partial charge in [-0.1, -0.05) is 23.7 Å². The number of nitrogens with one attached hydrogen (secondary N) is 1. The molecule has 1 aromatic carbocycles. The van der Waals surface area contributed by atoms with Gasteiger partial charge in [-0.15, -0.1) is 0 Å². The highest BCUT2D eigenvalue weighted by atomic mass is 35.5. The van der Waals surface area contributed by atoms with E-state index >= 15 is 0 Å². The van der Waals surface area contributed by atoms with Gasteiger partial charge in [0.05, 0.1) is 6.54 Å². The molecule has 0 spiro atoms. The van der Waals surface area contributed by atoms with Crippen LogP contribution >= 0.6 is 11.6 Å². The lowest BCUT2D eigenvalue weighted by Crippen LogP contribution is -2.14. The van der Waals surface area contributed by atoms with E-state index in [2.05, 4.69) is 5.32 Å². The highest BCUT2D eigenvalue weighted by Crippen LogP contribution is 2.15. The maximum atomic E-state index is 11.4. The predicted octanol–water partition coefficient (Wildman–Crippen LogP) is 1.67. The van der Waals surface area contributed by atoms with Crippen molar-refractivity contribution in [3.63, 3.8) is 0 Å². The van der Waals surface area contributed by atoms with Crippen molar-refractivity contribution >= 4 is 17.4 Å². The smallest absolute Gasteiger partial charge is 0.151 e. The summed E-state index contributed by atoms with van der Waals surface area (Å²) in [7, 11) is 0. The van der Waals surface area contributed by atoms with Gasteiger partial charge in [-0.3, -0.25) is 4.79 Å². The van der Waals surface area contributed by atoms with E-state index in [0.717, 1.165) is 18.0 Å². The second-order valence-corrected chi connectivity index (χ2v) is 4.06. The van der Waals surface area contributed by atoms with Gasteiger partial charge in [0.15, 0.2) is 5.78 Å². The number of halogens is 1. The lowest BCUT2D eigenvalue weighted by atomic mass is 9.98. The SMILES string of the molecule is O=C1CNCC1Cc1ccc(Cl)cc1. The monoisotopic (exact) mass is 209 g/mol. The first-order valence-electron chi connectivity index (χ1n) is 4.73. The Kier molecular flexibility index (Phi) is 2.85. The lowest BCUT2D eigenvalue weighted by molar-refractivity contribution is -0.119. The second-order valence-electron chi connectivity index (χ2n) is 3.62. The normalized spacial score (nSPS) is 21.5. The van der Waals surface area contributed by atoms with Gasteiger partial charge in [0.1, 0.15) is 0 Å². The van der Waals surface area contributed by atoms with E-state index in [0.29, 0.717) is 12.3 Å². The van der Waals surface area contributed by atoms with Crippen molar-refractivity contribution in [2.75, 3.05) is 13.1 Å². The van der Waals surface area contributed by atoms with Gasteiger partial charge in [-0.25, -0.2) is 0 Å². The Morgan fingerprint density at radius 1 is 1.36 bits per heavy atom. The molecule has 1 fully saturated rings. The quantitative estimate of drug-likeness (QED) is 0.803. The molecular weight excluding hydrogens is 198 g/mol. The number of benzene rings is 1. The fourth-order valence-corrected chi connectivity index (χ4v) is 1.84. The summed E-state index contributed by atoms with van der Waals surface area (Å²) < 4.78 is 0. The zero-order chi connectivity index (χ0) is 9.97. The zero-order valence-electron chi connectivity index (χ0n) is 7.79. The second kappa shape index (κ2) is 4.11. The van der Waals surface area contributed by atoms with Gasteiger partial charge < -0.3 is 5.32 Å². The molecule has 2 rings (SSSR count). The van der Waals surface area contributed by atoms with Crippen LogP contribution in [-0.2, 0) is 11.2 Å². The Labute approximate surface area is 88.3 Å². The van der Waals surface area contributed by atoms with Crippen LogP contribution in [0.25, 0.3) is 0 Å². The van der Waals surface area contributed by atoms with E-state index in [1.807, 2.05) is 24.3 Å². The van der Waals surface area contributed by atoms with E-state index in [1.54, 1.807) is 0 Å². The van der Waals surface area contributed by atoms with Crippen molar-refractivity contribution in [1.29, 1.82) is 0 Å². The lowest BCUT2D eigenvalue weighted by Gasteiger charge is -2.06. The van der Waals surface area contributed by atoms with Crippen LogP contribution < -0.4 is 5.32 Å². The highest BCUT2D eigenvalue weighted by Gasteiger charge is 2.23. The fraction of sp³-hybridized carbons (Fsp3) is 0.364. The molecule has 14 heavy (non-hydrogen) atoms. The molecule has 0 saturated carbocycles. The average Bonchev–Trinajstić information content (AvgIpc) is 2.56. The number of carbonyl (C=O) groups is 1. The van der Waals surface area contributed by atoms with Crippen LogP contribution in [0.1, 0.15) is 5.56 Å². The minimum absolute atomic E-state index is 0.149. The number of carbonyl (C=O) groups excluding carboxylic acids is 1. The number of hydrogen-bond acceptors (Lipinski definition) is 2. The summed E-state index contributed by atoms with van der Waals surface area (Å²) in [6.45, 7) is 1.33. The van der Waals surface area contributed by atoms with E-state index in [-0.39, 0.29) is 5.92 Å². The molecule has 1 unspecified atom stereocenters. The van der Waals surface area contributed by atoms with Crippen LogP contribution in [0.2, 0.25) is 5.02 Å². The van der Waals surface area contributed by atoms with Gasteiger partial charge in [0.2, 0.25) is 0 Å². The summed E-state index contributed by atoms with van der Waals surface area (Å²) in [5.41, 5.74) is 1.18. The van der Waals surface area contributed by atoms with Gasteiger partial charge in [-0.2, -0.15) is 0 Å². The molecule has 1 aliphatic rings. The van der Waals surface area contributed by atoms with Crippen LogP contribution in [0.15, 0.2) is 24.3 Å². The zero-order valence-corrected chi connectivity index (χ0v) is 8.55. The van der Waals surface area contributed by atoms with E-state index in [4.69, 9.17) is 11.6 Å². The molecule has 0 aliphatic carbocycles. The molecule has 1 atom stereocenters. The van der Waals surface area contributed by atoms with E-state index < -0.39 is 0 Å². The average molecular weight is 210 g/mol. The summed E-state index contributed by atoms with van der Waals surface area (Å²) in [6, 6.07) is 7.69. The van der Waals surface area contributed by atoms with Crippen molar-refractivity contribution < 1.29 is 4.79 Å². The van der Waals surface area contributed by atoms with Crippen LogP contribution in [0.5, 0.6) is 0 Å². The summed E-state index contributed by atoms with van der Waals surface area (Å²) >= 11 is 5.78. The molecule has 1 heterocycles. The molecule has 2 nitrogen and oxygen atoms in total. The molecule has 0 radical (unpaired) electrons. The maximum Gasteiger partial charge on any atom is 0.151 e. The number of Topliss-reactive ketones (excluding diaryl/α,β-unsaturated/α-hetero) is 1. The summed E-state index contributed by atoms with van der Waals surface area (Å²) in [6.07, 6.45) is 0.822. The Morgan fingerprint density at radius 3 is 2.64 bits per heavy atom. The van der Waals surface area contributed by atoms with Gasteiger partial charge in [0, 0.05) is 17.5 Å². The van der Waals surface area contributed by atoms with Crippen LogP contribution in [0.4, 0.5) is 0 Å². The first-order valence-corrected chi connectivity index (χ1v) is 5.11.